The lowest BCUT2D eigenvalue weighted by Crippen LogP contribution is -2.40. The van der Waals surface area contributed by atoms with E-state index in [1.165, 1.54) is 30.3 Å². The first-order valence-corrected chi connectivity index (χ1v) is 14.0. The van der Waals surface area contributed by atoms with Crippen molar-refractivity contribution >= 4 is 56.4 Å². The summed E-state index contributed by atoms with van der Waals surface area (Å²) >= 11 is 5.78. The standard InChI is InChI=1S/C28H28ClFN6O3S/c1-17-16-31-27(35-25(17)32-20-6-5-7-22(14-20)40(38,39)36-28(2,3)4)34-19-10-8-18(9-11-19)26(37)33-21-12-13-24(30)23(29)15-21/h5-16,36H,1-4H3,(H,33,37)(H2,31,32,34,35). The number of hydrogen-bond donors (Lipinski definition) is 4. The molecule has 9 nitrogen and oxygen atoms in total. The number of nitrogens with one attached hydrogen (secondary N) is 4. The van der Waals surface area contributed by atoms with Gasteiger partial charge in [0.15, 0.2) is 0 Å². The highest BCUT2D eigenvalue weighted by Crippen LogP contribution is 2.24. The lowest BCUT2D eigenvalue weighted by atomic mass is 10.1. The molecule has 0 bridgehead atoms. The number of amides is 1. The van der Waals surface area contributed by atoms with Crippen LogP contribution in [0.4, 0.5) is 33.2 Å². The maximum atomic E-state index is 13.4. The number of anilines is 5. The van der Waals surface area contributed by atoms with Crippen LogP contribution in [0.3, 0.4) is 0 Å². The van der Waals surface area contributed by atoms with Crippen LogP contribution in [0.1, 0.15) is 36.7 Å². The average molecular weight is 583 g/mol. The van der Waals surface area contributed by atoms with Crippen LogP contribution in [0.15, 0.2) is 77.8 Å². The minimum atomic E-state index is -3.71. The first kappa shape index (κ1) is 28.9. The molecular weight excluding hydrogens is 555 g/mol. The summed E-state index contributed by atoms with van der Waals surface area (Å²) in [6.45, 7) is 7.16. The van der Waals surface area contributed by atoms with E-state index >= 15 is 0 Å². The fourth-order valence-electron chi connectivity index (χ4n) is 3.58. The molecule has 4 N–H and O–H groups in total. The minimum absolute atomic E-state index is 0.0837. The van der Waals surface area contributed by atoms with Gasteiger partial charge >= 0.3 is 0 Å². The SMILES string of the molecule is Cc1cnc(Nc2ccc(C(=O)Nc3ccc(F)c(Cl)c3)cc2)nc1Nc1cccc(S(=O)(=O)NC(C)(C)C)c1. The van der Waals surface area contributed by atoms with Gasteiger partial charge in [-0.05, 0) is 88.4 Å². The molecule has 4 rings (SSSR count). The van der Waals surface area contributed by atoms with Crippen molar-refractivity contribution in [2.75, 3.05) is 16.0 Å². The summed E-state index contributed by atoms with van der Waals surface area (Å²) in [6, 6.07) is 17.0. The van der Waals surface area contributed by atoms with Gasteiger partial charge in [0.1, 0.15) is 11.6 Å². The maximum Gasteiger partial charge on any atom is 0.255 e. The van der Waals surface area contributed by atoms with Crippen LogP contribution in [0.2, 0.25) is 5.02 Å². The third kappa shape index (κ3) is 7.53. The number of halogens is 2. The fraction of sp³-hybridized carbons (Fsp3) is 0.179. The van der Waals surface area contributed by atoms with Gasteiger partial charge in [0.05, 0.1) is 9.92 Å². The number of carbonyl (C=O) groups is 1. The molecular formula is C28H28ClFN6O3S. The van der Waals surface area contributed by atoms with Gasteiger partial charge in [-0.2, -0.15) is 4.98 Å². The lowest BCUT2D eigenvalue weighted by molar-refractivity contribution is 0.102. The van der Waals surface area contributed by atoms with Crippen molar-refractivity contribution in [2.24, 2.45) is 0 Å². The largest absolute Gasteiger partial charge is 0.340 e. The third-order valence-electron chi connectivity index (χ3n) is 5.40. The van der Waals surface area contributed by atoms with E-state index in [0.717, 1.165) is 5.56 Å². The highest BCUT2D eigenvalue weighted by molar-refractivity contribution is 7.89. The number of rotatable bonds is 8. The first-order chi connectivity index (χ1) is 18.8. The number of aromatic nitrogens is 2. The molecule has 0 aliphatic carbocycles. The Balaban J connectivity index is 1.45. The van der Waals surface area contributed by atoms with Gasteiger partial charge in [0.2, 0.25) is 16.0 Å². The van der Waals surface area contributed by atoms with E-state index < -0.39 is 21.4 Å². The second kappa shape index (κ2) is 11.6. The Morgan fingerprint density at radius 3 is 2.30 bits per heavy atom. The monoisotopic (exact) mass is 582 g/mol. The summed E-state index contributed by atoms with van der Waals surface area (Å²) in [5.41, 5.74) is 2.07. The third-order valence-corrected chi connectivity index (χ3v) is 7.45. The van der Waals surface area contributed by atoms with Gasteiger partial charge < -0.3 is 16.0 Å². The zero-order chi connectivity index (χ0) is 29.1. The Morgan fingerprint density at radius 2 is 1.62 bits per heavy atom. The van der Waals surface area contributed by atoms with Crippen molar-refractivity contribution in [3.8, 4) is 0 Å². The van der Waals surface area contributed by atoms with Crippen LogP contribution in [0.5, 0.6) is 0 Å². The summed E-state index contributed by atoms with van der Waals surface area (Å²) in [7, 11) is -3.71. The van der Waals surface area contributed by atoms with Gasteiger partial charge in [-0.15, -0.1) is 0 Å². The number of hydrogen-bond acceptors (Lipinski definition) is 7. The molecule has 208 valence electrons. The van der Waals surface area contributed by atoms with Crippen LogP contribution < -0.4 is 20.7 Å². The number of aryl methyl sites for hydroxylation is 1. The van der Waals surface area contributed by atoms with E-state index in [-0.39, 0.29) is 15.8 Å². The van der Waals surface area contributed by atoms with Gasteiger partial charge in [-0.3, -0.25) is 4.79 Å². The van der Waals surface area contributed by atoms with Crippen LogP contribution in [0.25, 0.3) is 0 Å². The lowest BCUT2D eigenvalue weighted by Gasteiger charge is -2.20. The molecule has 0 aliphatic rings. The minimum Gasteiger partial charge on any atom is -0.340 e. The second-order valence-corrected chi connectivity index (χ2v) is 12.1. The highest BCUT2D eigenvalue weighted by Gasteiger charge is 2.22. The summed E-state index contributed by atoms with van der Waals surface area (Å²) in [6.07, 6.45) is 1.63. The van der Waals surface area contributed by atoms with Gasteiger partial charge in [-0.1, -0.05) is 17.7 Å². The number of sulfonamides is 1. The second-order valence-electron chi connectivity index (χ2n) is 10.0. The molecule has 0 spiro atoms. The van der Waals surface area contributed by atoms with Crippen LogP contribution >= 0.6 is 11.6 Å². The smallest absolute Gasteiger partial charge is 0.255 e. The van der Waals surface area contributed by atoms with Gasteiger partial charge in [0.25, 0.3) is 5.91 Å². The Kier molecular flexibility index (Phi) is 8.38. The molecule has 0 unspecified atom stereocenters. The van der Waals surface area contributed by atoms with Crippen LogP contribution in [-0.2, 0) is 10.0 Å². The Labute approximate surface area is 237 Å². The van der Waals surface area contributed by atoms with Crippen molar-refractivity contribution in [1.29, 1.82) is 0 Å². The highest BCUT2D eigenvalue weighted by atomic mass is 35.5. The molecule has 0 saturated heterocycles. The number of carbonyl (C=O) groups excluding carboxylic acids is 1. The van der Waals surface area contributed by atoms with E-state index in [0.29, 0.717) is 34.4 Å². The summed E-state index contributed by atoms with van der Waals surface area (Å²) < 4.78 is 41.5. The van der Waals surface area contributed by atoms with E-state index in [2.05, 4.69) is 30.6 Å². The van der Waals surface area contributed by atoms with E-state index in [1.807, 2.05) is 6.92 Å². The van der Waals surface area contributed by atoms with Crippen molar-refractivity contribution < 1.29 is 17.6 Å². The molecule has 1 amide bonds. The van der Waals surface area contributed by atoms with Crippen molar-refractivity contribution in [2.45, 2.75) is 38.1 Å². The molecule has 40 heavy (non-hydrogen) atoms. The molecule has 12 heteroatoms. The normalized spacial score (nSPS) is 11.7. The van der Waals surface area contributed by atoms with Crippen LogP contribution in [-0.4, -0.2) is 29.8 Å². The van der Waals surface area contributed by atoms with Crippen molar-refractivity contribution in [3.05, 3.63) is 94.9 Å². The molecule has 0 radical (unpaired) electrons. The zero-order valence-electron chi connectivity index (χ0n) is 22.2. The van der Waals surface area contributed by atoms with E-state index in [9.17, 15) is 17.6 Å². The predicted octanol–water partition coefficient (Wildman–Crippen LogP) is 6.39. The quantitative estimate of drug-likeness (QED) is 0.189. The first-order valence-electron chi connectivity index (χ1n) is 12.2. The van der Waals surface area contributed by atoms with Crippen molar-refractivity contribution in [3.63, 3.8) is 0 Å². The van der Waals surface area contributed by atoms with Crippen LogP contribution in [0, 0.1) is 12.7 Å². The number of benzene rings is 3. The molecule has 3 aromatic carbocycles. The molecule has 0 aliphatic heterocycles. The summed E-state index contributed by atoms with van der Waals surface area (Å²) in [5.74, 6) is -0.162. The van der Waals surface area contributed by atoms with E-state index in [4.69, 9.17) is 11.6 Å². The molecule has 1 heterocycles. The van der Waals surface area contributed by atoms with Crippen molar-refractivity contribution in [1.82, 2.24) is 14.7 Å². The fourth-order valence-corrected chi connectivity index (χ4v) is 5.22. The Morgan fingerprint density at radius 1 is 0.925 bits per heavy atom. The topological polar surface area (TPSA) is 125 Å². The maximum absolute atomic E-state index is 13.4. The summed E-state index contributed by atoms with van der Waals surface area (Å²) in [4.78, 5) is 21.5. The average Bonchev–Trinajstić information content (AvgIpc) is 2.87. The molecule has 0 atom stereocenters. The number of nitrogens with zero attached hydrogens (tertiary/aromatic N) is 2. The predicted molar refractivity (Wildman–Crippen MR) is 156 cm³/mol. The Bertz CT molecular complexity index is 1660. The van der Waals surface area contributed by atoms with E-state index in [1.54, 1.807) is 63.4 Å². The molecule has 0 saturated carbocycles. The van der Waals surface area contributed by atoms with Gasteiger partial charge in [0, 0.05) is 39.9 Å². The molecule has 4 aromatic rings. The molecule has 1 aromatic heterocycles. The Hall–Kier alpha value is -4.06. The summed E-state index contributed by atoms with van der Waals surface area (Å²) in [5, 5.41) is 8.84. The molecule has 0 fully saturated rings. The van der Waals surface area contributed by atoms with Gasteiger partial charge in [-0.25, -0.2) is 22.5 Å². The zero-order valence-corrected chi connectivity index (χ0v) is 23.8.